The van der Waals surface area contributed by atoms with Crippen LogP contribution in [0, 0.1) is 11.3 Å². The number of likely N-dealkylation sites (tertiary alicyclic amines) is 1. The zero-order valence-corrected chi connectivity index (χ0v) is 32.4. The van der Waals surface area contributed by atoms with Crippen LogP contribution in [-0.4, -0.2) is 89.6 Å². The molecule has 3 aromatic rings. The van der Waals surface area contributed by atoms with Crippen LogP contribution >= 0.6 is 11.6 Å². The van der Waals surface area contributed by atoms with Crippen LogP contribution in [0.1, 0.15) is 63.7 Å². The molecule has 0 bridgehead atoms. The lowest BCUT2D eigenvalue weighted by Gasteiger charge is -2.40. The van der Waals surface area contributed by atoms with Crippen LogP contribution in [0.2, 0.25) is 5.02 Å². The van der Waals surface area contributed by atoms with E-state index in [0.29, 0.717) is 41.1 Å². The third-order valence-corrected chi connectivity index (χ3v) is 12.4. The summed E-state index contributed by atoms with van der Waals surface area (Å²) in [6.07, 6.45) is 3.54. The summed E-state index contributed by atoms with van der Waals surface area (Å²) in [6, 6.07) is 9.08. The van der Waals surface area contributed by atoms with E-state index in [9.17, 15) is 18.0 Å². The van der Waals surface area contributed by atoms with E-state index < -0.39 is 74.1 Å². The highest BCUT2D eigenvalue weighted by Gasteiger charge is 2.68. The topological polar surface area (TPSA) is 190 Å². The molecule has 1 aromatic heterocycles. The fraction of sp³-hybridized carbons (Fsp3) is 0.447. The predicted molar refractivity (Wildman–Crippen MR) is 204 cm³/mol. The summed E-state index contributed by atoms with van der Waals surface area (Å²) < 4.78 is 40.2. The van der Waals surface area contributed by atoms with Gasteiger partial charge in [0.15, 0.2) is 0 Å². The molecule has 54 heavy (non-hydrogen) atoms. The van der Waals surface area contributed by atoms with Gasteiger partial charge in [0, 0.05) is 45.4 Å². The van der Waals surface area contributed by atoms with Gasteiger partial charge < -0.3 is 25.4 Å². The highest BCUT2D eigenvalue weighted by atomic mass is 35.5. The summed E-state index contributed by atoms with van der Waals surface area (Å²) in [5, 5.41) is 4.24. The van der Waals surface area contributed by atoms with Crippen LogP contribution in [0.25, 0.3) is 10.8 Å². The van der Waals surface area contributed by atoms with Gasteiger partial charge in [-0.15, -0.1) is 6.58 Å². The van der Waals surface area contributed by atoms with E-state index >= 15 is 9.59 Å². The Morgan fingerprint density at radius 2 is 1.87 bits per heavy atom. The maximum Gasteiger partial charge on any atom is 0.328 e. The lowest BCUT2D eigenvalue weighted by Crippen LogP contribution is -2.64. The second kappa shape index (κ2) is 14.4. The first-order valence-electron chi connectivity index (χ1n) is 17.7. The van der Waals surface area contributed by atoms with Crippen molar-refractivity contribution in [2.45, 2.75) is 82.4 Å². The number of anilines is 1. The van der Waals surface area contributed by atoms with E-state index in [-0.39, 0.29) is 24.4 Å². The first-order valence-corrected chi connectivity index (χ1v) is 19.6. The van der Waals surface area contributed by atoms with Crippen molar-refractivity contribution >= 4 is 61.8 Å². The van der Waals surface area contributed by atoms with Crippen molar-refractivity contribution in [2.24, 2.45) is 17.1 Å². The van der Waals surface area contributed by atoms with Crippen molar-refractivity contribution < 1.29 is 37.1 Å². The van der Waals surface area contributed by atoms with Gasteiger partial charge in [-0.25, -0.2) is 23.1 Å². The van der Waals surface area contributed by atoms with Crippen molar-refractivity contribution in [1.29, 1.82) is 0 Å². The fourth-order valence-corrected chi connectivity index (χ4v) is 8.59. The molecule has 0 spiro atoms. The summed E-state index contributed by atoms with van der Waals surface area (Å²) in [7, 11) is -2.53. The van der Waals surface area contributed by atoms with Crippen molar-refractivity contribution in [3.8, 4) is 11.6 Å². The second-order valence-electron chi connectivity index (χ2n) is 15.3. The number of halogens is 1. The van der Waals surface area contributed by atoms with Gasteiger partial charge >= 0.3 is 6.03 Å². The zero-order valence-electron chi connectivity index (χ0n) is 30.8. The van der Waals surface area contributed by atoms with Gasteiger partial charge in [0.25, 0.3) is 11.8 Å². The standard InChI is InChI=1S/C38H45ClN6O8S/c1-7-23-18-38(23,35(48)43-54(50,51)27-12-13-27)45(34(47)31(37(3,4)5)42-25-10-8-9-22(16-25)32(40)46)36(49)44-20-26(15-21(44)2)53-33-29-17-24(39)11-14-28(29)30(52-6)19-41-33/h7-11,14,16-17,19,21,23,26-27,31,42H,1,12-13,15,18,20H2,2-6H3,(H2,40,46)(H,43,48)/t21?,23-,26-,31+,38-/m1/s1. The molecule has 6 rings (SSSR count). The Morgan fingerprint density at radius 3 is 2.48 bits per heavy atom. The molecule has 1 saturated heterocycles. The lowest BCUT2D eigenvalue weighted by molar-refractivity contribution is -0.141. The highest BCUT2D eigenvalue weighted by Crippen LogP contribution is 2.52. The monoisotopic (exact) mass is 780 g/mol. The Bertz CT molecular complexity index is 2140. The number of primary amides is 1. The summed E-state index contributed by atoms with van der Waals surface area (Å²) in [6.45, 7) is 11.0. The summed E-state index contributed by atoms with van der Waals surface area (Å²) in [5.41, 5.74) is 3.33. The van der Waals surface area contributed by atoms with Crippen molar-refractivity contribution in [3.63, 3.8) is 0 Å². The van der Waals surface area contributed by atoms with E-state index in [2.05, 4.69) is 21.6 Å². The van der Waals surface area contributed by atoms with Crippen LogP contribution in [0.5, 0.6) is 11.6 Å². The molecule has 4 N–H and O–H groups in total. The minimum atomic E-state index is -4.06. The Kier molecular flexibility index (Phi) is 10.4. The molecule has 14 nitrogen and oxygen atoms in total. The molecule has 5 atom stereocenters. The van der Waals surface area contributed by atoms with Crippen molar-refractivity contribution in [2.75, 3.05) is 19.0 Å². The first-order chi connectivity index (χ1) is 25.4. The van der Waals surface area contributed by atoms with Crippen LogP contribution in [-0.2, 0) is 19.6 Å². The summed E-state index contributed by atoms with van der Waals surface area (Å²) >= 11 is 6.33. The molecule has 2 saturated carbocycles. The van der Waals surface area contributed by atoms with Crippen LogP contribution < -0.4 is 25.2 Å². The number of nitrogens with two attached hydrogens (primary N) is 1. The Balaban J connectivity index is 1.37. The quantitative estimate of drug-likeness (QED) is 0.214. The molecule has 2 aromatic carbocycles. The number of aromatic nitrogens is 1. The van der Waals surface area contributed by atoms with E-state index in [1.165, 1.54) is 36.4 Å². The third kappa shape index (κ3) is 7.43. The number of carbonyl (C=O) groups excluding carboxylic acids is 4. The first kappa shape index (κ1) is 38.8. The van der Waals surface area contributed by atoms with Gasteiger partial charge in [-0.2, -0.15) is 0 Å². The van der Waals surface area contributed by atoms with E-state index in [1.54, 1.807) is 58.0 Å². The van der Waals surface area contributed by atoms with Gasteiger partial charge in [0.05, 0.1) is 25.1 Å². The average Bonchev–Trinajstić information content (AvgIpc) is 4.04. The largest absolute Gasteiger partial charge is 0.494 e. The molecule has 288 valence electrons. The van der Waals surface area contributed by atoms with Crippen LogP contribution in [0.3, 0.4) is 0 Å². The van der Waals surface area contributed by atoms with E-state index in [4.69, 9.17) is 26.8 Å². The molecule has 3 fully saturated rings. The number of pyridine rings is 1. The molecule has 1 unspecified atom stereocenters. The number of imide groups is 1. The van der Waals surface area contributed by atoms with E-state index in [1.807, 2.05) is 0 Å². The SMILES string of the molecule is C=C[C@@H]1C[C@@]1(C(=O)NS(=O)(=O)C1CC1)N(C(=O)[C@H](Nc1cccc(C(N)=O)c1)C(C)(C)C)C(=O)N1C[C@H](Oc2ncc(OC)c3ccc(Cl)cc23)CC1C. The molecule has 2 heterocycles. The number of methoxy groups -OCH3 is 1. The maximum absolute atomic E-state index is 15.1. The molecule has 2 aliphatic carbocycles. The molecular formula is C38H45ClN6O8S. The third-order valence-electron chi connectivity index (χ3n) is 10.3. The Hall–Kier alpha value is -4.89. The molecule has 5 amide bonds. The molecule has 1 aliphatic heterocycles. The van der Waals surface area contributed by atoms with Crippen LogP contribution in [0.4, 0.5) is 10.5 Å². The van der Waals surface area contributed by atoms with Gasteiger partial charge in [0.1, 0.15) is 23.4 Å². The number of sulfonamides is 1. The number of ether oxygens (including phenoxy) is 2. The highest BCUT2D eigenvalue weighted by molar-refractivity contribution is 7.91. The molecule has 3 aliphatic rings. The van der Waals surface area contributed by atoms with Gasteiger partial charge in [-0.1, -0.05) is 44.5 Å². The van der Waals surface area contributed by atoms with Crippen LogP contribution in [0.15, 0.2) is 61.3 Å². The average molecular weight is 781 g/mol. The number of fused-ring (bicyclic) bond motifs is 1. The number of amides is 5. The minimum absolute atomic E-state index is 0.0185. The number of nitrogens with zero attached hydrogens (tertiary/aromatic N) is 3. The Labute approximate surface area is 319 Å². The minimum Gasteiger partial charge on any atom is -0.494 e. The van der Waals surface area contributed by atoms with Crippen molar-refractivity contribution in [1.82, 2.24) is 19.5 Å². The number of benzene rings is 2. The summed E-state index contributed by atoms with van der Waals surface area (Å²) in [5.74, 6) is -2.35. The predicted octanol–water partition coefficient (Wildman–Crippen LogP) is 4.87. The number of urea groups is 1. The smallest absolute Gasteiger partial charge is 0.328 e. The second-order valence-corrected chi connectivity index (χ2v) is 17.7. The number of hydrogen-bond donors (Lipinski definition) is 3. The van der Waals surface area contributed by atoms with Crippen molar-refractivity contribution in [3.05, 3.63) is 71.9 Å². The zero-order chi connectivity index (χ0) is 39.3. The van der Waals surface area contributed by atoms with Gasteiger partial charge in [0.2, 0.25) is 21.8 Å². The van der Waals surface area contributed by atoms with Gasteiger partial charge in [-0.3, -0.25) is 19.1 Å². The Morgan fingerprint density at radius 1 is 1.15 bits per heavy atom. The van der Waals surface area contributed by atoms with Gasteiger partial charge in [-0.05, 0) is 68.0 Å². The number of hydrogen-bond acceptors (Lipinski definition) is 10. The number of carbonyl (C=O) groups is 4. The molecule has 0 radical (unpaired) electrons. The number of nitrogens with one attached hydrogen (secondary N) is 2. The summed E-state index contributed by atoms with van der Waals surface area (Å²) in [4.78, 5) is 63.1. The number of rotatable bonds is 12. The maximum atomic E-state index is 15.1. The normalized spacial score (nSPS) is 22.9. The molecular weight excluding hydrogens is 736 g/mol. The van der Waals surface area contributed by atoms with E-state index in [0.717, 1.165) is 10.3 Å². The fourth-order valence-electron chi connectivity index (χ4n) is 7.06. The lowest BCUT2D eigenvalue weighted by atomic mass is 9.85. The molecule has 16 heteroatoms.